The van der Waals surface area contributed by atoms with E-state index in [1.807, 2.05) is 31.2 Å². The smallest absolute Gasteiger partial charge is 0.416 e. The van der Waals surface area contributed by atoms with Gasteiger partial charge >= 0.3 is 12.1 Å². The Balaban J connectivity index is 1.86. The van der Waals surface area contributed by atoms with Gasteiger partial charge < -0.3 is 5.11 Å². The number of alkyl halides is 3. The minimum atomic E-state index is -4.41. The van der Waals surface area contributed by atoms with E-state index in [1.54, 1.807) is 24.3 Å². The molecule has 0 radical (unpaired) electrons. The first-order chi connectivity index (χ1) is 13.2. The number of carboxylic acid groups (broad SMARTS) is 1. The van der Waals surface area contributed by atoms with E-state index in [0.29, 0.717) is 11.1 Å². The van der Waals surface area contributed by atoms with Crippen LogP contribution < -0.4 is 0 Å². The van der Waals surface area contributed by atoms with Gasteiger partial charge in [-0.3, -0.25) is 4.79 Å². The lowest BCUT2D eigenvalue weighted by Crippen LogP contribution is -2.04. The van der Waals surface area contributed by atoms with Crippen LogP contribution in [0.25, 0.3) is 23.1 Å². The number of carbonyl (C=O) groups is 1. The Labute approximate surface area is 160 Å². The van der Waals surface area contributed by atoms with E-state index >= 15 is 0 Å². The van der Waals surface area contributed by atoms with Crippen molar-refractivity contribution < 1.29 is 23.1 Å². The van der Waals surface area contributed by atoms with Gasteiger partial charge in [0.25, 0.3) is 0 Å². The number of halogens is 3. The third kappa shape index (κ3) is 4.76. The second kappa shape index (κ2) is 7.84. The highest BCUT2D eigenvalue weighted by atomic mass is 19.4. The maximum atomic E-state index is 12.9. The molecule has 3 nitrogen and oxygen atoms in total. The zero-order chi connectivity index (χ0) is 20.3. The maximum absolute atomic E-state index is 12.9. The molecule has 3 aromatic rings. The standard InChI is InChI=1S/C22H18F3NO2/c1-14(11-21(27)28)17-4-2-3-15(12-17)5-9-19-10-7-16-6-8-18(22(23,24)25)13-20(16)26-19/h2-10,12-14H,11H2,1H3,(H,27,28)/b9-5+. The summed E-state index contributed by atoms with van der Waals surface area (Å²) >= 11 is 0. The van der Waals surface area contributed by atoms with Crippen LogP contribution in [-0.2, 0) is 11.0 Å². The highest BCUT2D eigenvalue weighted by molar-refractivity contribution is 5.81. The van der Waals surface area contributed by atoms with Gasteiger partial charge in [0, 0.05) is 5.39 Å². The molecule has 0 aliphatic heterocycles. The average molecular weight is 385 g/mol. The first-order valence-electron chi connectivity index (χ1n) is 8.70. The number of aromatic nitrogens is 1. The van der Waals surface area contributed by atoms with Crippen molar-refractivity contribution in [1.82, 2.24) is 4.98 Å². The van der Waals surface area contributed by atoms with E-state index < -0.39 is 17.7 Å². The van der Waals surface area contributed by atoms with Crippen molar-refractivity contribution in [2.45, 2.75) is 25.4 Å². The predicted molar refractivity (Wildman–Crippen MR) is 103 cm³/mol. The van der Waals surface area contributed by atoms with Crippen LogP contribution in [0.15, 0.2) is 54.6 Å². The van der Waals surface area contributed by atoms with Crippen LogP contribution >= 0.6 is 0 Å². The fourth-order valence-electron chi connectivity index (χ4n) is 2.93. The Hall–Kier alpha value is -3.15. The molecule has 0 amide bonds. The van der Waals surface area contributed by atoms with E-state index in [2.05, 4.69) is 4.98 Å². The molecule has 0 saturated heterocycles. The van der Waals surface area contributed by atoms with Crippen LogP contribution in [0.4, 0.5) is 13.2 Å². The van der Waals surface area contributed by atoms with Crippen molar-refractivity contribution >= 4 is 29.0 Å². The molecule has 0 spiro atoms. The topological polar surface area (TPSA) is 50.2 Å². The van der Waals surface area contributed by atoms with Crippen LogP contribution in [0.3, 0.4) is 0 Å². The van der Waals surface area contributed by atoms with Crippen molar-refractivity contribution in [2.75, 3.05) is 0 Å². The van der Waals surface area contributed by atoms with E-state index in [0.717, 1.165) is 23.3 Å². The number of benzene rings is 2. The summed E-state index contributed by atoms with van der Waals surface area (Å²) in [5.41, 5.74) is 1.86. The van der Waals surface area contributed by atoms with Gasteiger partial charge in [0.05, 0.1) is 23.2 Å². The predicted octanol–water partition coefficient (Wildman–Crippen LogP) is 6.00. The molecule has 1 N–H and O–H groups in total. The number of carboxylic acids is 1. The van der Waals surface area contributed by atoms with Gasteiger partial charge in [-0.15, -0.1) is 0 Å². The highest BCUT2D eigenvalue weighted by Gasteiger charge is 2.30. The summed E-state index contributed by atoms with van der Waals surface area (Å²) in [4.78, 5) is 15.2. The molecule has 0 saturated carbocycles. The molecule has 0 fully saturated rings. The Morgan fingerprint density at radius 2 is 1.86 bits per heavy atom. The Bertz CT molecular complexity index is 1040. The highest BCUT2D eigenvalue weighted by Crippen LogP contribution is 2.31. The second-order valence-corrected chi connectivity index (χ2v) is 6.64. The molecule has 144 valence electrons. The van der Waals surface area contributed by atoms with E-state index in [1.165, 1.54) is 6.07 Å². The number of hydrogen-bond donors (Lipinski definition) is 1. The molecule has 1 atom stereocenters. The Morgan fingerprint density at radius 3 is 2.57 bits per heavy atom. The summed E-state index contributed by atoms with van der Waals surface area (Å²) in [6.45, 7) is 1.85. The van der Waals surface area contributed by atoms with Gasteiger partial charge in [0.1, 0.15) is 0 Å². The molecular weight excluding hydrogens is 367 g/mol. The number of hydrogen-bond acceptors (Lipinski definition) is 2. The number of rotatable bonds is 5. The van der Waals surface area contributed by atoms with Crippen LogP contribution in [0.1, 0.15) is 41.6 Å². The number of fused-ring (bicyclic) bond motifs is 1. The SMILES string of the molecule is CC(CC(=O)O)c1cccc(/C=C/c2ccc3ccc(C(F)(F)F)cc3n2)c1. The first kappa shape index (κ1) is 19.6. The van der Waals surface area contributed by atoms with E-state index in [4.69, 9.17) is 5.11 Å². The summed E-state index contributed by atoms with van der Waals surface area (Å²) < 4.78 is 38.7. The monoisotopic (exact) mass is 385 g/mol. The second-order valence-electron chi connectivity index (χ2n) is 6.64. The normalized spacial score (nSPS) is 13.1. The lowest BCUT2D eigenvalue weighted by atomic mass is 9.96. The lowest BCUT2D eigenvalue weighted by molar-refractivity contribution is -0.138. The molecule has 1 unspecified atom stereocenters. The summed E-state index contributed by atoms with van der Waals surface area (Å²) in [5.74, 6) is -0.975. The molecule has 1 aromatic heterocycles. The molecule has 0 aliphatic carbocycles. The molecular formula is C22H18F3NO2. The summed E-state index contributed by atoms with van der Waals surface area (Å²) in [7, 11) is 0. The number of nitrogens with zero attached hydrogens (tertiary/aromatic N) is 1. The van der Waals surface area contributed by atoms with Gasteiger partial charge in [-0.1, -0.05) is 49.4 Å². The van der Waals surface area contributed by atoms with Crippen molar-refractivity contribution in [3.05, 3.63) is 77.0 Å². The molecule has 3 rings (SSSR count). The third-order valence-electron chi connectivity index (χ3n) is 4.45. The molecule has 2 aromatic carbocycles. The van der Waals surface area contributed by atoms with Gasteiger partial charge in [-0.2, -0.15) is 13.2 Å². The van der Waals surface area contributed by atoms with Crippen molar-refractivity contribution in [1.29, 1.82) is 0 Å². The Morgan fingerprint density at radius 1 is 1.11 bits per heavy atom. The molecule has 0 aliphatic rings. The van der Waals surface area contributed by atoms with Crippen LogP contribution in [0.2, 0.25) is 0 Å². The minimum absolute atomic E-state index is 0.0426. The number of pyridine rings is 1. The van der Waals surface area contributed by atoms with Gasteiger partial charge in [-0.05, 0) is 41.3 Å². The largest absolute Gasteiger partial charge is 0.481 e. The fourth-order valence-corrected chi connectivity index (χ4v) is 2.93. The molecule has 1 heterocycles. The van der Waals surface area contributed by atoms with E-state index in [9.17, 15) is 18.0 Å². The fraction of sp³-hybridized carbons (Fsp3) is 0.182. The maximum Gasteiger partial charge on any atom is 0.416 e. The third-order valence-corrected chi connectivity index (χ3v) is 4.45. The average Bonchev–Trinajstić information content (AvgIpc) is 2.64. The Kier molecular flexibility index (Phi) is 5.49. The van der Waals surface area contributed by atoms with Gasteiger partial charge in [-0.25, -0.2) is 4.98 Å². The molecule has 6 heteroatoms. The van der Waals surface area contributed by atoms with Crippen LogP contribution in [-0.4, -0.2) is 16.1 Å². The minimum Gasteiger partial charge on any atom is -0.481 e. The first-order valence-corrected chi connectivity index (χ1v) is 8.70. The summed E-state index contributed by atoms with van der Waals surface area (Å²) in [6, 6.07) is 14.4. The van der Waals surface area contributed by atoms with Gasteiger partial charge in [0.2, 0.25) is 0 Å². The quantitative estimate of drug-likeness (QED) is 0.586. The van der Waals surface area contributed by atoms with E-state index in [-0.39, 0.29) is 17.9 Å². The summed E-state index contributed by atoms with van der Waals surface area (Å²) in [6.07, 6.45) is -0.838. The zero-order valence-electron chi connectivity index (χ0n) is 15.1. The van der Waals surface area contributed by atoms with Crippen molar-refractivity contribution in [3.8, 4) is 0 Å². The molecule has 28 heavy (non-hydrogen) atoms. The van der Waals surface area contributed by atoms with Gasteiger partial charge in [0.15, 0.2) is 0 Å². The van der Waals surface area contributed by atoms with Crippen molar-refractivity contribution in [3.63, 3.8) is 0 Å². The zero-order valence-corrected chi connectivity index (χ0v) is 15.1. The van der Waals surface area contributed by atoms with Crippen LogP contribution in [0.5, 0.6) is 0 Å². The van der Waals surface area contributed by atoms with Crippen molar-refractivity contribution in [2.24, 2.45) is 0 Å². The molecule has 0 bridgehead atoms. The summed E-state index contributed by atoms with van der Waals surface area (Å²) in [5, 5.41) is 9.56. The lowest BCUT2D eigenvalue weighted by Gasteiger charge is -2.09. The number of aliphatic carboxylic acids is 1. The van der Waals surface area contributed by atoms with Crippen LogP contribution in [0, 0.1) is 0 Å².